The second kappa shape index (κ2) is 7.19. The fourth-order valence-corrected chi connectivity index (χ4v) is 4.45. The lowest BCUT2D eigenvalue weighted by atomic mass is 9.92. The summed E-state index contributed by atoms with van der Waals surface area (Å²) in [7, 11) is 1.85. The minimum Gasteiger partial charge on any atom is -0.337 e. The van der Waals surface area contributed by atoms with Gasteiger partial charge in [-0.05, 0) is 62.4 Å². The summed E-state index contributed by atoms with van der Waals surface area (Å²) in [5, 5.41) is 4.32. The zero-order valence-corrected chi connectivity index (χ0v) is 15.6. The Labute approximate surface area is 154 Å². The summed E-state index contributed by atoms with van der Waals surface area (Å²) in [6.07, 6.45) is 6.12. The lowest BCUT2D eigenvalue weighted by Crippen LogP contribution is -2.32. The second-order valence-corrected chi connectivity index (χ2v) is 7.74. The van der Waals surface area contributed by atoms with Crippen LogP contribution in [-0.2, 0) is 13.6 Å². The number of carbonyl (C=O) groups excluding carboxylic acids is 1. The predicted molar refractivity (Wildman–Crippen MR) is 99.6 cm³/mol. The Morgan fingerprint density at radius 3 is 2.54 bits per heavy atom. The molecule has 26 heavy (non-hydrogen) atoms. The van der Waals surface area contributed by atoms with Gasteiger partial charge in [0.2, 0.25) is 0 Å². The first kappa shape index (κ1) is 17.2. The van der Waals surface area contributed by atoms with Gasteiger partial charge in [0, 0.05) is 39.1 Å². The zero-order chi connectivity index (χ0) is 18.1. The van der Waals surface area contributed by atoms with E-state index in [0.29, 0.717) is 17.5 Å². The van der Waals surface area contributed by atoms with Crippen molar-refractivity contribution in [1.29, 1.82) is 0 Å². The van der Waals surface area contributed by atoms with E-state index in [4.69, 9.17) is 0 Å². The van der Waals surface area contributed by atoms with Crippen LogP contribution in [0.2, 0.25) is 0 Å². The number of amides is 1. The van der Waals surface area contributed by atoms with Crippen LogP contribution >= 0.6 is 0 Å². The first-order chi connectivity index (χ1) is 12.6. The van der Waals surface area contributed by atoms with E-state index in [-0.39, 0.29) is 5.91 Å². The normalized spacial score (nSPS) is 23.7. The molecule has 4 heterocycles. The van der Waals surface area contributed by atoms with Gasteiger partial charge < -0.3 is 4.90 Å². The van der Waals surface area contributed by atoms with Crippen molar-refractivity contribution in [1.82, 2.24) is 24.6 Å². The Hall–Kier alpha value is -2.21. The Bertz CT molecular complexity index is 756. The second-order valence-electron chi connectivity index (χ2n) is 7.74. The number of aromatic nitrogens is 3. The van der Waals surface area contributed by atoms with Gasteiger partial charge in [0.15, 0.2) is 0 Å². The summed E-state index contributed by atoms with van der Waals surface area (Å²) in [6, 6.07) is 6.05. The molecule has 0 bridgehead atoms. The third-order valence-corrected chi connectivity index (χ3v) is 5.85. The van der Waals surface area contributed by atoms with Crippen LogP contribution in [0.3, 0.4) is 0 Å². The third-order valence-electron chi connectivity index (χ3n) is 5.85. The largest absolute Gasteiger partial charge is 0.337 e. The van der Waals surface area contributed by atoms with E-state index in [1.807, 2.05) is 43.4 Å². The molecule has 138 valence electrons. The van der Waals surface area contributed by atoms with Crippen molar-refractivity contribution in [2.24, 2.45) is 18.9 Å². The van der Waals surface area contributed by atoms with E-state index in [2.05, 4.69) is 21.0 Å². The monoisotopic (exact) mass is 353 g/mol. The van der Waals surface area contributed by atoms with E-state index in [0.717, 1.165) is 38.4 Å². The highest BCUT2D eigenvalue weighted by Gasteiger charge is 2.37. The number of carbonyl (C=O) groups is 1. The average Bonchev–Trinajstić information content (AvgIpc) is 3.14. The highest BCUT2D eigenvalue weighted by Crippen LogP contribution is 2.33. The average molecular weight is 353 g/mol. The third kappa shape index (κ3) is 3.51. The number of rotatable bonds is 3. The topological polar surface area (TPSA) is 54.3 Å². The van der Waals surface area contributed by atoms with Crippen molar-refractivity contribution < 1.29 is 4.79 Å². The van der Waals surface area contributed by atoms with Crippen molar-refractivity contribution in [2.45, 2.75) is 26.3 Å². The summed E-state index contributed by atoms with van der Waals surface area (Å²) in [6.45, 7) is 6.88. The molecular weight excluding hydrogens is 326 g/mol. The lowest BCUT2D eigenvalue weighted by molar-refractivity contribution is 0.0769. The number of hydrogen-bond acceptors (Lipinski definition) is 4. The number of likely N-dealkylation sites (tertiary alicyclic amines) is 2. The summed E-state index contributed by atoms with van der Waals surface area (Å²) in [5.41, 5.74) is 2.88. The maximum absolute atomic E-state index is 12.9. The number of aryl methyl sites for hydroxylation is 2. The molecule has 1 amide bonds. The highest BCUT2D eigenvalue weighted by molar-refractivity contribution is 5.92. The maximum atomic E-state index is 12.9. The molecule has 2 fully saturated rings. The number of hydrogen-bond donors (Lipinski definition) is 0. The van der Waals surface area contributed by atoms with Gasteiger partial charge in [0.1, 0.15) is 5.69 Å². The van der Waals surface area contributed by atoms with E-state index in [1.54, 1.807) is 4.68 Å². The first-order valence-corrected chi connectivity index (χ1v) is 9.51. The number of fused-ring (bicyclic) bond motifs is 1. The molecule has 0 aromatic carbocycles. The van der Waals surface area contributed by atoms with Crippen LogP contribution in [-0.4, -0.2) is 56.7 Å². The van der Waals surface area contributed by atoms with Crippen LogP contribution in [0.25, 0.3) is 0 Å². The van der Waals surface area contributed by atoms with Crippen LogP contribution in [0.1, 0.15) is 34.6 Å². The van der Waals surface area contributed by atoms with E-state index in [9.17, 15) is 4.79 Å². The van der Waals surface area contributed by atoms with Gasteiger partial charge in [-0.2, -0.15) is 5.10 Å². The summed E-state index contributed by atoms with van der Waals surface area (Å²) < 4.78 is 1.71. The van der Waals surface area contributed by atoms with Crippen molar-refractivity contribution >= 4 is 5.91 Å². The molecule has 2 saturated heterocycles. The molecule has 0 saturated carbocycles. The molecule has 2 aliphatic rings. The standard InChI is InChI=1S/C20H27N5O/c1-15-10-19(23(2)22-15)20(26)25-13-17-5-8-24(9-6-18(17)14-25)12-16-4-3-7-21-11-16/h3-4,7,10-11,17-18H,5-6,8-9,12-14H2,1-2H3/t17-,18+. The predicted octanol–water partition coefficient (Wildman–Crippen LogP) is 2.11. The van der Waals surface area contributed by atoms with Gasteiger partial charge in [-0.25, -0.2) is 0 Å². The molecule has 6 heteroatoms. The van der Waals surface area contributed by atoms with Crippen molar-refractivity contribution in [3.05, 3.63) is 47.5 Å². The molecule has 2 atom stereocenters. The van der Waals surface area contributed by atoms with E-state index < -0.39 is 0 Å². The molecule has 6 nitrogen and oxygen atoms in total. The Morgan fingerprint density at radius 2 is 1.96 bits per heavy atom. The number of nitrogens with zero attached hydrogens (tertiary/aromatic N) is 5. The minimum absolute atomic E-state index is 0.133. The van der Waals surface area contributed by atoms with Crippen LogP contribution in [0.15, 0.2) is 30.6 Å². The Kier molecular flexibility index (Phi) is 4.76. The van der Waals surface area contributed by atoms with Crippen LogP contribution in [0.4, 0.5) is 0 Å². The van der Waals surface area contributed by atoms with E-state index >= 15 is 0 Å². The van der Waals surface area contributed by atoms with Crippen LogP contribution in [0, 0.1) is 18.8 Å². The lowest BCUT2D eigenvalue weighted by Gasteiger charge is -2.22. The van der Waals surface area contributed by atoms with Crippen molar-refractivity contribution in [2.75, 3.05) is 26.2 Å². The zero-order valence-electron chi connectivity index (χ0n) is 15.6. The SMILES string of the molecule is Cc1cc(C(=O)N2C[C@H]3CCN(Cc4cccnc4)CC[C@H]3C2)n(C)n1. The van der Waals surface area contributed by atoms with Gasteiger partial charge in [0.05, 0.1) is 5.69 Å². The fourth-order valence-electron chi connectivity index (χ4n) is 4.45. The van der Waals surface area contributed by atoms with Gasteiger partial charge in [-0.1, -0.05) is 6.07 Å². The quantitative estimate of drug-likeness (QED) is 0.848. The van der Waals surface area contributed by atoms with Crippen molar-refractivity contribution in [3.8, 4) is 0 Å². The molecule has 2 aliphatic heterocycles. The van der Waals surface area contributed by atoms with Gasteiger partial charge >= 0.3 is 0 Å². The van der Waals surface area contributed by atoms with Gasteiger partial charge in [-0.15, -0.1) is 0 Å². The minimum atomic E-state index is 0.133. The van der Waals surface area contributed by atoms with Gasteiger partial charge in [-0.3, -0.25) is 19.4 Å². The molecule has 0 unspecified atom stereocenters. The highest BCUT2D eigenvalue weighted by atomic mass is 16.2. The first-order valence-electron chi connectivity index (χ1n) is 9.51. The smallest absolute Gasteiger partial charge is 0.272 e. The van der Waals surface area contributed by atoms with Gasteiger partial charge in [0.25, 0.3) is 5.91 Å². The molecule has 0 N–H and O–H groups in total. The number of pyridine rings is 1. The fraction of sp³-hybridized carbons (Fsp3) is 0.550. The maximum Gasteiger partial charge on any atom is 0.272 e. The molecule has 0 radical (unpaired) electrons. The summed E-state index contributed by atoms with van der Waals surface area (Å²) >= 11 is 0. The molecule has 4 rings (SSSR count). The molecule has 2 aromatic rings. The van der Waals surface area contributed by atoms with E-state index in [1.165, 1.54) is 18.4 Å². The summed E-state index contributed by atoms with van der Waals surface area (Å²) in [5.74, 6) is 1.37. The Morgan fingerprint density at radius 1 is 1.23 bits per heavy atom. The molecule has 0 aliphatic carbocycles. The summed E-state index contributed by atoms with van der Waals surface area (Å²) in [4.78, 5) is 21.7. The molecule has 0 spiro atoms. The van der Waals surface area contributed by atoms with Crippen LogP contribution in [0.5, 0.6) is 0 Å². The molecular formula is C20H27N5O. The van der Waals surface area contributed by atoms with Crippen LogP contribution < -0.4 is 0 Å². The molecule has 2 aromatic heterocycles. The van der Waals surface area contributed by atoms with Crippen molar-refractivity contribution in [3.63, 3.8) is 0 Å². The Balaban J connectivity index is 1.36.